The van der Waals surface area contributed by atoms with Gasteiger partial charge in [-0.2, -0.15) is 5.26 Å². The zero-order chi connectivity index (χ0) is 13.0. The summed E-state index contributed by atoms with van der Waals surface area (Å²) in [4.78, 5) is 2.11. The second kappa shape index (κ2) is 5.83. The summed E-state index contributed by atoms with van der Waals surface area (Å²) < 4.78 is 13.6. The first-order valence-corrected chi connectivity index (χ1v) is 6.34. The fourth-order valence-corrected chi connectivity index (χ4v) is 2.64. The van der Waals surface area contributed by atoms with Crippen LogP contribution >= 0.6 is 0 Å². The van der Waals surface area contributed by atoms with Gasteiger partial charge in [-0.05, 0) is 37.8 Å². The molecular weight excluding hydrogens is 231 g/mol. The number of nitrogens with zero attached hydrogens (tertiary/aromatic N) is 2. The van der Waals surface area contributed by atoms with Crippen molar-refractivity contribution < 1.29 is 9.50 Å². The lowest BCUT2D eigenvalue weighted by molar-refractivity contribution is 0.279. The maximum atomic E-state index is 13.6. The van der Waals surface area contributed by atoms with E-state index in [1.54, 1.807) is 12.1 Å². The van der Waals surface area contributed by atoms with Crippen LogP contribution in [0.25, 0.3) is 0 Å². The molecule has 0 radical (unpaired) electrons. The Labute approximate surface area is 106 Å². The van der Waals surface area contributed by atoms with E-state index < -0.39 is 5.82 Å². The molecule has 1 aromatic rings. The predicted octanol–water partition coefficient (Wildman–Crippen LogP) is 2.44. The summed E-state index contributed by atoms with van der Waals surface area (Å²) in [6, 6.07) is 7.03. The highest BCUT2D eigenvalue weighted by Crippen LogP contribution is 2.31. The van der Waals surface area contributed by atoms with Crippen molar-refractivity contribution in [2.24, 2.45) is 0 Å². The first-order chi connectivity index (χ1) is 8.77. The highest BCUT2D eigenvalue weighted by atomic mass is 19.1. The van der Waals surface area contributed by atoms with Gasteiger partial charge in [0.15, 0.2) is 0 Å². The zero-order valence-electron chi connectivity index (χ0n) is 10.3. The van der Waals surface area contributed by atoms with E-state index in [-0.39, 0.29) is 12.2 Å². The number of halogens is 1. The lowest BCUT2D eigenvalue weighted by Crippen LogP contribution is -2.30. The molecule has 0 aromatic heterocycles. The Balaban J connectivity index is 2.25. The minimum Gasteiger partial charge on any atom is -0.396 e. The van der Waals surface area contributed by atoms with Gasteiger partial charge < -0.3 is 10.0 Å². The number of hydrogen-bond acceptors (Lipinski definition) is 3. The summed E-state index contributed by atoms with van der Waals surface area (Å²) in [5, 5.41) is 18.0. The van der Waals surface area contributed by atoms with Crippen molar-refractivity contribution in [1.82, 2.24) is 0 Å². The second-order valence-electron chi connectivity index (χ2n) is 4.60. The second-order valence-corrected chi connectivity index (χ2v) is 4.60. The third-order valence-electron chi connectivity index (χ3n) is 3.49. The Bertz CT molecular complexity index is 456. The number of hydrogen-bond donors (Lipinski definition) is 1. The van der Waals surface area contributed by atoms with Crippen LogP contribution in [0.1, 0.15) is 31.2 Å². The van der Waals surface area contributed by atoms with Crippen molar-refractivity contribution in [2.75, 3.05) is 18.1 Å². The molecule has 1 aliphatic heterocycles. The lowest BCUT2D eigenvalue weighted by atomic mass is 10.1. The van der Waals surface area contributed by atoms with Gasteiger partial charge in [-0.25, -0.2) is 4.39 Å². The van der Waals surface area contributed by atoms with Crippen molar-refractivity contribution in [3.8, 4) is 6.07 Å². The molecule has 0 amide bonds. The zero-order valence-corrected chi connectivity index (χ0v) is 10.3. The average Bonchev–Trinajstić information content (AvgIpc) is 2.84. The molecule has 18 heavy (non-hydrogen) atoms. The van der Waals surface area contributed by atoms with Crippen molar-refractivity contribution in [3.05, 3.63) is 29.6 Å². The van der Waals surface area contributed by atoms with Gasteiger partial charge in [0.1, 0.15) is 17.4 Å². The van der Waals surface area contributed by atoms with Crippen LogP contribution in [-0.4, -0.2) is 24.3 Å². The van der Waals surface area contributed by atoms with Crippen LogP contribution in [0.3, 0.4) is 0 Å². The van der Waals surface area contributed by atoms with E-state index in [4.69, 9.17) is 10.4 Å². The lowest BCUT2D eigenvalue weighted by Gasteiger charge is -2.27. The summed E-state index contributed by atoms with van der Waals surface area (Å²) in [6.45, 7) is 1.03. The smallest absolute Gasteiger partial charge is 0.143 e. The summed E-state index contributed by atoms with van der Waals surface area (Å²) >= 11 is 0. The number of aliphatic hydroxyl groups is 1. The monoisotopic (exact) mass is 248 g/mol. The van der Waals surface area contributed by atoms with Crippen molar-refractivity contribution in [2.45, 2.75) is 31.7 Å². The van der Waals surface area contributed by atoms with Crippen LogP contribution in [-0.2, 0) is 0 Å². The summed E-state index contributed by atoms with van der Waals surface area (Å²) in [7, 11) is 0. The quantitative estimate of drug-likeness (QED) is 0.890. The molecule has 0 saturated carbocycles. The summed E-state index contributed by atoms with van der Waals surface area (Å²) in [5.41, 5.74) is 0.825. The van der Waals surface area contributed by atoms with Gasteiger partial charge in [-0.15, -0.1) is 0 Å². The van der Waals surface area contributed by atoms with E-state index in [1.807, 2.05) is 6.07 Å². The number of benzene rings is 1. The molecule has 4 heteroatoms. The SMILES string of the molecule is N#Cc1c(F)cccc1N1CCCC1CCCO. The predicted molar refractivity (Wildman–Crippen MR) is 67.8 cm³/mol. The standard InChI is InChI=1S/C14H17FN2O/c15-13-6-1-7-14(12(13)10-16)17-8-2-4-11(17)5-3-9-18/h1,6-7,11,18H,2-5,8-9H2. The first-order valence-electron chi connectivity index (χ1n) is 6.34. The molecule has 2 rings (SSSR count). The van der Waals surface area contributed by atoms with E-state index in [1.165, 1.54) is 6.07 Å². The van der Waals surface area contributed by atoms with Gasteiger partial charge in [0.25, 0.3) is 0 Å². The molecule has 3 nitrogen and oxygen atoms in total. The Hall–Kier alpha value is -1.60. The van der Waals surface area contributed by atoms with Crippen LogP contribution in [0.5, 0.6) is 0 Å². The van der Waals surface area contributed by atoms with E-state index >= 15 is 0 Å². The molecule has 1 fully saturated rings. The molecule has 1 aromatic carbocycles. The van der Waals surface area contributed by atoms with Crippen molar-refractivity contribution in [1.29, 1.82) is 5.26 Å². The Morgan fingerprint density at radius 1 is 1.50 bits per heavy atom. The highest BCUT2D eigenvalue weighted by Gasteiger charge is 2.26. The summed E-state index contributed by atoms with van der Waals surface area (Å²) in [5.74, 6) is -0.456. The van der Waals surface area contributed by atoms with E-state index in [0.717, 1.165) is 32.2 Å². The van der Waals surface area contributed by atoms with Gasteiger partial charge in [-0.3, -0.25) is 0 Å². The average molecular weight is 248 g/mol. The fourth-order valence-electron chi connectivity index (χ4n) is 2.64. The van der Waals surface area contributed by atoms with Gasteiger partial charge in [0.05, 0.1) is 5.69 Å². The number of aliphatic hydroxyl groups excluding tert-OH is 1. The van der Waals surface area contributed by atoms with Crippen LogP contribution in [0.15, 0.2) is 18.2 Å². The molecule has 0 spiro atoms. The minimum absolute atomic E-state index is 0.133. The number of rotatable bonds is 4. The highest BCUT2D eigenvalue weighted by molar-refractivity contribution is 5.61. The van der Waals surface area contributed by atoms with Gasteiger partial charge >= 0.3 is 0 Å². The molecule has 1 heterocycles. The van der Waals surface area contributed by atoms with Crippen LogP contribution in [0.2, 0.25) is 0 Å². The first kappa shape index (κ1) is 12.8. The molecule has 1 atom stereocenters. The molecule has 1 saturated heterocycles. The molecule has 1 N–H and O–H groups in total. The van der Waals surface area contributed by atoms with Gasteiger partial charge in [0.2, 0.25) is 0 Å². The molecule has 1 aliphatic rings. The molecular formula is C14H17FN2O. The van der Waals surface area contributed by atoms with Crippen LogP contribution in [0, 0.1) is 17.1 Å². The molecule has 96 valence electrons. The maximum absolute atomic E-state index is 13.6. The third-order valence-corrected chi connectivity index (χ3v) is 3.49. The van der Waals surface area contributed by atoms with E-state index in [0.29, 0.717) is 11.7 Å². The Morgan fingerprint density at radius 2 is 2.33 bits per heavy atom. The number of anilines is 1. The van der Waals surface area contributed by atoms with E-state index in [2.05, 4.69) is 4.90 Å². The largest absolute Gasteiger partial charge is 0.396 e. The van der Waals surface area contributed by atoms with Gasteiger partial charge in [0, 0.05) is 19.2 Å². The fraction of sp³-hybridized carbons (Fsp3) is 0.500. The number of nitriles is 1. The maximum Gasteiger partial charge on any atom is 0.143 e. The molecule has 0 bridgehead atoms. The van der Waals surface area contributed by atoms with Crippen molar-refractivity contribution in [3.63, 3.8) is 0 Å². The Morgan fingerprint density at radius 3 is 3.06 bits per heavy atom. The van der Waals surface area contributed by atoms with Crippen LogP contribution < -0.4 is 4.90 Å². The third kappa shape index (κ3) is 2.46. The van der Waals surface area contributed by atoms with Crippen molar-refractivity contribution >= 4 is 5.69 Å². The summed E-state index contributed by atoms with van der Waals surface area (Å²) in [6.07, 6.45) is 3.73. The molecule has 1 unspecified atom stereocenters. The minimum atomic E-state index is -0.456. The van der Waals surface area contributed by atoms with Gasteiger partial charge in [-0.1, -0.05) is 6.07 Å². The van der Waals surface area contributed by atoms with E-state index in [9.17, 15) is 4.39 Å². The Kier molecular flexibility index (Phi) is 4.16. The normalized spacial score (nSPS) is 18.9. The molecule has 0 aliphatic carbocycles. The topological polar surface area (TPSA) is 47.3 Å². The van der Waals surface area contributed by atoms with Crippen LogP contribution in [0.4, 0.5) is 10.1 Å².